The first kappa shape index (κ1) is 12.0. The molecule has 0 aliphatic heterocycles. The van der Waals surface area contributed by atoms with Crippen LogP contribution >= 0.6 is 11.6 Å². The Bertz CT molecular complexity index is 500. The van der Waals surface area contributed by atoms with Gasteiger partial charge in [-0.3, -0.25) is 4.98 Å². The zero-order chi connectivity index (χ0) is 12.3. The van der Waals surface area contributed by atoms with Crippen molar-refractivity contribution >= 4 is 11.6 Å². The lowest BCUT2D eigenvalue weighted by molar-refractivity contribution is 0.359. The highest BCUT2D eigenvalue weighted by Crippen LogP contribution is 2.22. The monoisotopic (exact) mass is 252 g/mol. The van der Waals surface area contributed by atoms with Crippen LogP contribution in [0.1, 0.15) is 12.8 Å². The van der Waals surface area contributed by atoms with Crippen LogP contribution in [0.5, 0.6) is 0 Å². The van der Waals surface area contributed by atoms with Crippen LogP contribution in [0.4, 0.5) is 0 Å². The fourth-order valence-electron chi connectivity index (χ4n) is 1.37. The number of halogens is 1. The van der Waals surface area contributed by atoms with E-state index in [1.807, 2.05) is 6.92 Å². The number of hydrogen-bond acceptors (Lipinski definition) is 5. The van der Waals surface area contributed by atoms with Gasteiger partial charge in [0.05, 0.1) is 5.02 Å². The molecule has 0 bridgehead atoms. The maximum absolute atomic E-state index is 6.00. The van der Waals surface area contributed by atoms with Crippen molar-refractivity contribution in [3.63, 3.8) is 0 Å². The number of nitrogens with zero attached hydrogens (tertiary/aromatic N) is 3. The van der Waals surface area contributed by atoms with E-state index in [4.69, 9.17) is 21.9 Å². The predicted molar refractivity (Wildman–Crippen MR) is 64.5 cm³/mol. The average molecular weight is 253 g/mol. The fraction of sp³-hybridized carbons (Fsp3) is 0.364. The van der Waals surface area contributed by atoms with Gasteiger partial charge in [0.2, 0.25) is 11.7 Å². The lowest BCUT2D eigenvalue weighted by atomic mass is 10.1. The van der Waals surface area contributed by atoms with Crippen LogP contribution in [0.2, 0.25) is 5.02 Å². The smallest absolute Gasteiger partial charge is 0.227 e. The first-order valence-corrected chi connectivity index (χ1v) is 5.72. The van der Waals surface area contributed by atoms with E-state index in [0.717, 1.165) is 0 Å². The molecule has 0 amide bonds. The summed E-state index contributed by atoms with van der Waals surface area (Å²) in [5, 5.41) is 4.37. The van der Waals surface area contributed by atoms with Crippen LogP contribution in [0.3, 0.4) is 0 Å². The van der Waals surface area contributed by atoms with Crippen LogP contribution in [0.15, 0.2) is 22.9 Å². The summed E-state index contributed by atoms with van der Waals surface area (Å²) in [5.41, 5.74) is 6.07. The van der Waals surface area contributed by atoms with E-state index in [1.54, 1.807) is 18.3 Å². The second kappa shape index (κ2) is 5.25. The summed E-state index contributed by atoms with van der Waals surface area (Å²) in [7, 11) is 0. The SMILES string of the molecule is CC(CN)Cc1nc(-c2ncccc2Cl)no1. The third kappa shape index (κ3) is 2.81. The summed E-state index contributed by atoms with van der Waals surface area (Å²) in [6.07, 6.45) is 2.30. The highest BCUT2D eigenvalue weighted by Gasteiger charge is 2.14. The largest absolute Gasteiger partial charge is 0.339 e. The van der Waals surface area contributed by atoms with E-state index in [1.165, 1.54) is 0 Å². The Morgan fingerprint density at radius 2 is 2.35 bits per heavy atom. The molecule has 6 heteroatoms. The number of pyridine rings is 1. The average Bonchev–Trinajstić information content (AvgIpc) is 2.78. The Morgan fingerprint density at radius 3 is 3.06 bits per heavy atom. The summed E-state index contributed by atoms with van der Waals surface area (Å²) in [5.74, 6) is 1.27. The standard InChI is InChI=1S/C11H13ClN4O/c1-7(6-13)5-9-15-11(16-17-9)10-8(12)3-2-4-14-10/h2-4,7H,5-6,13H2,1H3. The van der Waals surface area contributed by atoms with Gasteiger partial charge in [-0.15, -0.1) is 0 Å². The van der Waals surface area contributed by atoms with Gasteiger partial charge >= 0.3 is 0 Å². The maximum Gasteiger partial charge on any atom is 0.227 e. The molecule has 5 nitrogen and oxygen atoms in total. The van der Waals surface area contributed by atoms with E-state index in [0.29, 0.717) is 41.3 Å². The van der Waals surface area contributed by atoms with Crippen LogP contribution < -0.4 is 5.73 Å². The lowest BCUT2D eigenvalue weighted by Crippen LogP contribution is -2.13. The van der Waals surface area contributed by atoms with Crippen molar-refractivity contribution in [2.45, 2.75) is 13.3 Å². The van der Waals surface area contributed by atoms with Gasteiger partial charge in [0.15, 0.2) is 0 Å². The summed E-state index contributed by atoms with van der Waals surface area (Å²) < 4.78 is 5.13. The highest BCUT2D eigenvalue weighted by atomic mass is 35.5. The molecule has 17 heavy (non-hydrogen) atoms. The molecule has 2 heterocycles. The molecule has 2 rings (SSSR count). The van der Waals surface area contributed by atoms with Crippen LogP contribution in [-0.2, 0) is 6.42 Å². The van der Waals surface area contributed by atoms with E-state index in [9.17, 15) is 0 Å². The molecule has 0 aliphatic carbocycles. The molecule has 90 valence electrons. The molecule has 0 fully saturated rings. The minimum Gasteiger partial charge on any atom is -0.339 e. The quantitative estimate of drug-likeness (QED) is 0.900. The van der Waals surface area contributed by atoms with Gasteiger partial charge in [-0.1, -0.05) is 23.7 Å². The molecule has 0 aromatic carbocycles. The van der Waals surface area contributed by atoms with Gasteiger partial charge in [-0.05, 0) is 24.6 Å². The van der Waals surface area contributed by atoms with Crippen molar-refractivity contribution < 1.29 is 4.52 Å². The summed E-state index contributed by atoms with van der Waals surface area (Å²) in [6, 6.07) is 3.49. The molecule has 0 aliphatic rings. The lowest BCUT2D eigenvalue weighted by Gasteiger charge is -2.01. The Kier molecular flexibility index (Phi) is 3.71. The van der Waals surface area contributed by atoms with Gasteiger partial charge in [0.25, 0.3) is 0 Å². The highest BCUT2D eigenvalue weighted by molar-refractivity contribution is 6.32. The van der Waals surface area contributed by atoms with Crippen molar-refractivity contribution in [2.75, 3.05) is 6.54 Å². The van der Waals surface area contributed by atoms with Gasteiger partial charge < -0.3 is 10.3 Å². The molecule has 2 N–H and O–H groups in total. The molecule has 1 atom stereocenters. The Morgan fingerprint density at radius 1 is 1.53 bits per heavy atom. The second-order valence-corrected chi connectivity index (χ2v) is 4.30. The number of nitrogens with two attached hydrogens (primary N) is 1. The number of aromatic nitrogens is 3. The maximum atomic E-state index is 6.00. The van der Waals surface area contributed by atoms with Gasteiger partial charge in [0.1, 0.15) is 5.69 Å². The first-order valence-electron chi connectivity index (χ1n) is 5.34. The minimum atomic E-state index is 0.308. The Balaban J connectivity index is 2.21. The van der Waals surface area contributed by atoms with Gasteiger partial charge in [0, 0.05) is 12.6 Å². The van der Waals surface area contributed by atoms with Crippen molar-refractivity contribution in [3.05, 3.63) is 29.2 Å². The molecule has 0 saturated carbocycles. The van der Waals surface area contributed by atoms with Crippen molar-refractivity contribution in [1.29, 1.82) is 0 Å². The van der Waals surface area contributed by atoms with Crippen molar-refractivity contribution in [2.24, 2.45) is 11.7 Å². The zero-order valence-corrected chi connectivity index (χ0v) is 10.2. The minimum absolute atomic E-state index is 0.308. The van der Waals surface area contributed by atoms with Gasteiger partial charge in [-0.25, -0.2) is 0 Å². The van der Waals surface area contributed by atoms with Crippen LogP contribution in [-0.4, -0.2) is 21.7 Å². The van der Waals surface area contributed by atoms with Crippen LogP contribution in [0, 0.1) is 5.92 Å². The molecule has 2 aromatic heterocycles. The molecular weight excluding hydrogens is 240 g/mol. The normalized spacial score (nSPS) is 12.6. The third-order valence-electron chi connectivity index (χ3n) is 2.36. The molecule has 0 saturated heterocycles. The van der Waals surface area contributed by atoms with E-state index in [2.05, 4.69) is 15.1 Å². The van der Waals surface area contributed by atoms with Crippen molar-refractivity contribution in [3.8, 4) is 11.5 Å². The molecule has 0 spiro atoms. The zero-order valence-electron chi connectivity index (χ0n) is 9.43. The number of hydrogen-bond donors (Lipinski definition) is 1. The van der Waals surface area contributed by atoms with E-state index >= 15 is 0 Å². The molecule has 1 unspecified atom stereocenters. The molecule has 2 aromatic rings. The third-order valence-corrected chi connectivity index (χ3v) is 2.67. The summed E-state index contributed by atoms with van der Waals surface area (Å²) in [6.45, 7) is 2.61. The van der Waals surface area contributed by atoms with E-state index < -0.39 is 0 Å². The Labute approximate surface area is 104 Å². The molecule has 0 radical (unpaired) electrons. The summed E-state index contributed by atoms with van der Waals surface area (Å²) >= 11 is 6.00. The number of rotatable bonds is 4. The van der Waals surface area contributed by atoms with E-state index in [-0.39, 0.29) is 0 Å². The first-order chi connectivity index (χ1) is 8.20. The molecular formula is C11H13ClN4O. The van der Waals surface area contributed by atoms with Crippen molar-refractivity contribution in [1.82, 2.24) is 15.1 Å². The Hall–Kier alpha value is -1.46. The summed E-state index contributed by atoms with van der Waals surface area (Å²) in [4.78, 5) is 8.37. The van der Waals surface area contributed by atoms with Gasteiger partial charge in [-0.2, -0.15) is 4.98 Å². The predicted octanol–water partition coefficient (Wildman–Crippen LogP) is 1.92. The van der Waals surface area contributed by atoms with Crippen LogP contribution in [0.25, 0.3) is 11.5 Å². The topological polar surface area (TPSA) is 77.8 Å². The fourth-order valence-corrected chi connectivity index (χ4v) is 1.57. The second-order valence-electron chi connectivity index (χ2n) is 3.89.